The van der Waals surface area contributed by atoms with Crippen LogP contribution in [0.4, 0.5) is 0 Å². The standard InChI is InChI=1S/C13H21NO2/c1-11(12-6-3-2-4-7-12)13(10-14)16-9-5-8-15/h2-4,6-7,11,13,15H,5,8-10,14H2,1H3. The van der Waals surface area contributed by atoms with E-state index in [1.165, 1.54) is 5.56 Å². The molecule has 0 radical (unpaired) electrons. The maximum Gasteiger partial charge on any atom is 0.0762 e. The fraction of sp³-hybridized carbons (Fsp3) is 0.538. The van der Waals surface area contributed by atoms with E-state index in [-0.39, 0.29) is 18.6 Å². The molecule has 1 aromatic rings. The van der Waals surface area contributed by atoms with Crippen LogP contribution in [0.15, 0.2) is 30.3 Å². The zero-order valence-electron chi connectivity index (χ0n) is 9.80. The van der Waals surface area contributed by atoms with Crippen LogP contribution in [0.1, 0.15) is 24.8 Å². The Labute approximate surface area is 97.2 Å². The number of aliphatic hydroxyl groups is 1. The van der Waals surface area contributed by atoms with Gasteiger partial charge in [-0.15, -0.1) is 0 Å². The molecule has 2 unspecified atom stereocenters. The summed E-state index contributed by atoms with van der Waals surface area (Å²) in [6, 6.07) is 10.2. The molecule has 0 amide bonds. The normalized spacial score (nSPS) is 14.7. The Balaban J connectivity index is 2.52. The molecule has 0 saturated carbocycles. The van der Waals surface area contributed by atoms with Gasteiger partial charge in [0.15, 0.2) is 0 Å². The van der Waals surface area contributed by atoms with Crippen molar-refractivity contribution in [1.82, 2.24) is 0 Å². The molecule has 3 heteroatoms. The number of ether oxygens (including phenoxy) is 1. The smallest absolute Gasteiger partial charge is 0.0762 e. The Hall–Kier alpha value is -0.900. The lowest BCUT2D eigenvalue weighted by atomic mass is 9.95. The zero-order valence-corrected chi connectivity index (χ0v) is 9.80. The number of benzene rings is 1. The van der Waals surface area contributed by atoms with Crippen LogP contribution in [-0.4, -0.2) is 31.0 Å². The summed E-state index contributed by atoms with van der Waals surface area (Å²) in [7, 11) is 0. The van der Waals surface area contributed by atoms with Gasteiger partial charge in [0.1, 0.15) is 0 Å². The fourth-order valence-corrected chi connectivity index (χ4v) is 1.69. The lowest BCUT2D eigenvalue weighted by Crippen LogP contribution is -2.29. The molecule has 90 valence electrons. The largest absolute Gasteiger partial charge is 0.396 e. The topological polar surface area (TPSA) is 55.5 Å². The molecular weight excluding hydrogens is 202 g/mol. The van der Waals surface area contributed by atoms with E-state index in [2.05, 4.69) is 19.1 Å². The van der Waals surface area contributed by atoms with Gasteiger partial charge in [-0.25, -0.2) is 0 Å². The van der Waals surface area contributed by atoms with Crippen LogP contribution in [0.25, 0.3) is 0 Å². The van der Waals surface area contributed by atoms with Gasteiger partial charge < -0.3 is 15.6 Å². The van der Waals surface area contributed by atoms with Gasteiger partial charge in [-0.2, -0.15) is 0 Å². The van der Waals surface area contributed by atoms with Crippen LogP contribution in [0.5, 0.6) is 0 Å². The Morgan fingerprint density at radius 2 is 2.00 bits per heavy atom. The number of rotatable bonds is 7. The summed E-state index contributed by atoms with van der Waals surface area (Å²) in [6.07, 6.45) is 0.687. The third-order valence-electron chi connectivity index (χ3n) is 2.75. The number of nitrogens with two attached hydrogens (primary N) is 1. The van der Waals surface area contributed by atoms with Crippen molar-refractivity contribution in [3.63, 3.8) is 0 Å². The van der Waals surface area contributed by atoms with E-state index >= 15 is 0 Å². The quantitative estimate of drug-likeness (QED) is 0.689. The molecule has 0 aliphatic heterocycles. The molecule has 0 aliphatic rings. The molecule has 16 heavy (non-hydrogen) atoms. The number of hydrogen-bond acceptors (Lipinski definition) is 3. The van der Waals surface area contributed by atoms with Gasteiger partial charge in [-0.05, 0) is 12.0 Å². The molecule has 0 fully saturated rings. The second kappa shape index (κ2) is 7.39. The van der Waals surface area contributed by atoms with Crippen molar-refractivity contribution in [3.05, 3.63) is 35.9 Å². The second-order valence-electron chi connectivity index (χ2n) is 3.92. The van der Waals surface area contributed by atoms with Crippen molar-refractivity contribution in [2.45, 2.75) is 25.4 Å². The summed E-state index contributed by atoms with van der Waals surface area (Å²) in [5.74, 6) is 0.282. The van der Waals surface area contributed by atoms with E-state index in [0.29, 0.717) is 19.6 Å². The van der Waals surface area contributed by atoms with Crippen LogP contribution in [-0.2, 0) is 4.74 Å². The van der Waals surface area contributed by atoms with Gasteiger partial charge in [-0.3, -0.25) is 0 Å². The summed E-state index contributed by atoms with van der Waals surface area (Å²) in [5.41, 5.74) is 6.94. The molecule has 0 aliphatic carbocycles. The highest BCUT2D eigenvalue weighted by Gasteiger charge is 2.17. The number of hydrogen-bond donors (Lipinski definition) is 2. The maximum absolute atomic E-state index is 8.70. The third-order valence-corrected chi connectivity index (χ3v) is 2.75. The Kier molecular flexibility index (Phi) is 6.08. The molecule has 0 saturated heterocycles. The number of aliphatic hydroxyl groups excluding tert-OH is 1. The molecule has 2 atom stereocenters. The van der Waals surface area contributed by atoms with Crippen LogP contribution >= 0.6 is 0 Å². The molecule has 3 nitrogen and oxygen atoms in total. The van der Waals surface area contributed by atoms with Crippen LogP contribution < -0.4 is 5.73 Å². The van der Waals surface area contributed by atoms with E-state index in [0.717, 1.165) is 0 Å². The van der Waals surface area contributed by atoms with Crippen molar-refractivity contribution in [1.29, 1.82) is 0 Å². The first kappa shape index (κ1) is 13.2. The van der Waals surface area contributed by atoms with E-state index in [4.69, 9.17) is 15.6 Å². The average Bonchev–Trinajstić information content (AvgIpc) is 2.35. The van der Waals surface area contributed by atoms with E-state index < -0.39 is 0 Å². The second-order valence-corrected chi connectivity index (χ2v) is 3.92. The van der Waals surface area contributed by atoms with Crippen molar-refractivity contribution >= 4 is 0 Å². The van der Waals surface area contributed by atoms with Crippen molar-refractivity contribution < 1.29 is 9.84 Å². The van der Waals surface area contributed by atoms with Gasteiger partial charge in [-0.1, -0.05) is 37.3 Å². The summed E-state index contributed by atoms with van der Waals surface area (Å²) >= 11 is 0. The van der Waals surface area contributed by atoms with Gasteiger partial charge in [0.25, 0.3) is 0 Å². The lowest BCUT2D eigenvalue weighted by molar-refractivity contribution is 0.0355. The van der Waals surface area contributed by atoms with Crippen molar-refractivity contribution in [2.24, 2.45) is 5.73 Å². The molecule has 0 spiro atoms. The minimum atomic E-state index is 0.0222. The van der Waals surface area contributed by atoms with Crippen molar-refractivity contribution in [2.75, 3.05) is 19.8 Å². The van der Waals surface area contributed by atoms with Crippen LogP contribution in [0.2, 0.25) is 0 Å². The van der Waals surface area contributed by atoms with Gasteiger partial charge >= 0.3 is 0 Å². The molecule has 3 N–H and O–H groups in total. The third kappa shape index (κ3) is 3.93. The Morgan fingerprint density at radius 1 is 1.31 bits per heavy atom. The first-order valence-electron chi connectivity index (χ1n) is 5.77. The van der Waals surface area contributed by atoms with Gasteiger partial charge in [0.2, 0.25) is 0 Å². The average molecular weight is 223 g/mol. The van der Waals surface area contributed by atoms with Gasteiger partial charge in [0, 0.05) is 25.7 Å². The summed E-state index contributed by atoms with van der Waals surface area (Å²) in [5, 5.41) is 8.70. The molecule has 0 aromatic heterocycles. The first-order chi connectivity index (χ1) is 7.79. The lowest BCUT2D eigenvalue weighted by Gasteiger charge is -2.23. The highest BCUT2D eigenvalue weighted by molar-refractivity contribution is 5.20. The van der Waals surface area contributed by atoms with Crippen molar-refractivity contribution in [3.8, 4) is 0 Å². The molecule has 1 aromatic carbocycles. The summed E-state index contributed by atoms with van der Waals surface area (Å²) in [6.45, 7) is 3.35. The SMILES string of the molecule is CC(c1ccccc1)C(CN)OCCCO. The Morgan fingerprint density at radius 3 is 2.56 bits per heavy atom. The molecule has 1 rings (SSSR count). The highest BCUT2D eigenvalue weighted by Crippen LogP contribution is 2.20. The first-order valence-corrected chi connectivity index (χ1v) is 5.77. The summed E-state index contributed by atoms with van der Waals surface area (Å²) in [4.78, 5) is 0. The van der Waals surface area contributed by atoms with E-state index in [9.17, 15) is 0 Å². The molecular formula is C13H21NO2. The van der Waals surface area contributed by atoms with Gasteiger partial charge in [0.05, 0.1) is 6.10 Å². The highest BCUT2D eigenvalue weighted by atomic mass is 16.5. The fourth-order valence-electron chi connectivity index (χ4n) is 1.69. The molecule has 0 heterocycles. The minimum Gasteiger partial charge on any atom is -0.396 e. The summed E-state index contributed by atoms with van der Waals surface area (Å²) < 4.78 is 5.66. The monoisotopic (exact) mass is 223 g/mol. The predicted molar refractivity (Wildman–Crippen MR) is 65.4 cm³/mol. The van der Waals surface area contributed by atoms with Crippen LogP contribution in [0, 0.1) is 0 Å². The molecule has 0 bridgehead atoms. The van der Waals surface area contributed by atoms with E-state index in [1.807, 2.05) is 18.2 Å². The van der Waals surface area contributed by atoms with Crippen LogP contribution in [0.3, 0.4) is 0 Å². The maximum atomic E-state index is 8.70. The minimum absolute atomic E-state index is 0.0222. The zero-order chi connectivity index (χ0) is 11.8. The Bertz CT molecular complexity index is 277. The predicted octanol–water partition coefficient (Wildman–Crippen LogP) is 1.52. The van der Waals surface area contributed by atoms with E-state index in [1.54, 1.807) is 0 Å².